The Bertz CT molecular complexity index is 185. The number of alkyl halides is 1. The molecular weight excluding hydrogens is 175 g/mol. The number of carbonyl (C=O) groups excluding carboxylic acids is 1. The van der Waals surface area contributed by atoms with E-state index in [1.165, 1.54) is 6.92 Å². The monoisotopic (exact) mass is 190 g/mol. The molecule has 4 heteroatoms. The standard InChI is InChI=1S/C9H15FO3/c1-3-9(2,10)8(11)13-7-5-4-6-12-7/h7H,3-6H2,1-2H3. The maximum atomic E-state index is 13.3. The molecule has 1 aliphatic rings. The lowest BCUT2D eigenvalue weighted by Crippen LogP contribution is -2.34. The molecule has 0 aromatic carbocycles. The Hall–Kier alpha value is -0.640. The molecule has 0 aromatic heterocycles. The molecular formula is C9H15FO3. The van der Waals surface area contributed by atoms with Gasteiger partial charge in [0.2, 0.25) is 12.0 Å². The van der Waals surface area contributed by atoms with Gasteiger partial charge in [-0.1, -0.05) is 6.92 Å². The summed E-state index contributed by atoms with van der Waals surface area (Å²) in [5.41, 5.74) is -1.88. The van der Waals surface area contributed by atoms with Crippen LogP contribution in [0.25, 0.3) is 0 Å². The molecule has 2 atom stereocenters. The highest BCUT2D eigenvalue weighted by Gasteiger charge is 2.35. The summed E-state index contributed by atoms with van der Waals surface area (Å²) in [7, 11) is 0. The fraction of sp³-hybridized carbons (Fsp3) is 0.889. The molecule has 0 saturated carbocycles. The van der Waals surface area contributed by atoms with E-state index in [0.717, 1.165) is 6.42 Å². The molecule has 0 aromatic rings. The largest absolute Gasteiger partial charge is 0.433 e. The van der Waals surface area contributed by atoms with Crippen molar-refractivity contribution < 1.29 is 18.7 Å². The van der Waals surface area contributed by atoms with E-state index < -0.39 is 17.9 Å². The van der Waals surface area contributed by atoms with Crippen molar-refractivity contribution in [2.45, 2.75) is 45.1 Å². The molecule has 2 unspecified atom stereocenters. The van der Waals surface area contributed by atoms with E-state index in [1.807, 2.05) is 0 Å². The third kappa shape index (κ3) is 2.66. The first-order valence-electron chi connectivity index (χ1n) is 4.58. The predicted octanol–water partition coefficient (Wildman–Crippen LogP) is 1.80. The van der Waals surface area contributed by atoms with Crippen LogP contribution in [0, 0.1) is 0 Å². The van der Waals surface area contributed by atoms with Crippen molar-refractivity contribution in [3.05, 3.63) is 0 Å². The minimum Gasteiger partial charge on any atom is -0.433 e. The summed E-state index contributed by atoms with van der Waals surface area (Å²) < 4.78 is 23.2. The Morgan fingerprint density at radius 1 is 1.77 bits per heavy atom. The van der Waals surface area contributed by atoms with Gasteiger partial charge in [-0.05, 0) is 19.8 Å². The van der Waals surface area contributed by atoms with Crippen LogP contribution < -0.4 is 0 Å². The van der Waals surface area contributed by atoms with Crippen LogP contribution in [0.5, 0.6) is 0 Å². The maximum absolute atomic E-state index is 13.3. The molecule has 0 radical (unpaired) electrons. The molecule has 1 aliphatic heterocycles. The highest BCUT2D eigenvalue weighted by Crippen LogP contribution is 2.21. The number of ether oxygens (including phenoxy) is 2. The first kappa shape index (κ1) is 10.4. The molecule has 1 heterocycles. The zero-order chi connectivity index (χ0) is 9.90. The quantitative estimate of drug-likeness (QED) is 0.636. The highest BCUT2D eigenvalue weighted by molar-refractivity contribution is 5.78. The third-order valence-electron chi connectivity index (χ3n) is 2.22. The first-order valence-corrected chi connectivity index (χ1v) is 4.58. The minimum atomic E-state index is -1.88. The van der Waals surface area contributed by atoms with Gasteiger partial charge in [-0.2, -0.15) is 0 Å². The average molecular weight is 190 g/mol. The number of carbonyl (C=O) groups is 1. The van der Waals surface area contributed by atoms with Gasteiger partial charge in [0.25, 0.3) is 0 Å². The van der Waals surface area contributed by atoms with E-state index in [1.54, 1.807) is 6.92 Å². The second kappa shape index (κ2) is 4.05. The summed E-state index contributed by atoms with van der Waals surface area (Å²) in [5.74, 6) is -0.818. The summed E-state index contributed by atoms with van der Waals surface area (Å²) in [6, 6.07) is 0. The second-order valence-corrected chi connectivity index (χ2v) is 3.40. The fourth-order valence-corrected chi connectivity index (χ4v) is 1.03. The lowest BCUT2D eigenvalue weighted by Gasteiger charge is -2.19. The van der Waals surface area contributed by atoms with Crippen molar-refractivity contribution in [3.8, 4) is 0 Å². The number of halogens is 1. The maximum Gasteiger partial charge on any atom is 0.345 e. The van der Waals surface area contributed by atoms with E-state index in [0.29, 0.717) is 13.0 Å². The summed E-state index contributed by atoms with van der Waals surface area (Å²) in [4.78, 5) is 11.2. The van der Waals surface area contributed by atoms with Gasteiger partial charge >= 0.3 is 5.97 Å². The molecule has 0 bridgehead atoms. The Kier molecular flexibility index (Phi) is 3.25. The minimum absolute atomic E-state index is 0.124. The average Bonchev–Trinajstić information content (AvgIpc) is 2.57. The third-order valence-corrected chi connectivity index (χ3v) is 2.22. The van der Waals surface area contributed by atoms with E-state index in [4.69, 9.17) is 9.47 Å². The Morgan fingerprint density at radius 2 is 2.46 bits per heavy atom. The molecule has 1 saturated heterocycles. The van der Waals surface area contributed by atoms with Crippen LogP contribution in [-0.4, -0.2) is 24.5 Å². The predicted molar refractivity (Wildman–Crippen MR) is 44.9 cm³/mol. The second-order valence-electron chi connectivity index (χ2n) is 3.40. The fourth-order valence-electron chi connectivity index (χ4n) is 1.03. The van der Waals surface area contributed by atoms with E-state index in [9.17, 15) is 9.18 Å². The van der Waals surface area contributed by atoms with E-state index >= 15 is 0 Å². The van der Waals surface area contributed by atoms with Crippen LogP contribution in [0.1, 0.15) is 33.1 Å². The normalized spacial score (nSPS) is 26.8. The lowest BCUT2D eigenvalue weighted by molar-refractivity contribution is -0.182. The zero-order valence-electron chi connectivity index (χ0n) is 8.01. The molecule has 76 valence electrons. The summed E-state index contributed by atoms with van der Waals surface area (Å²) in [6.45, 7) is 3.42. The van der Waals surface area contributed by atoms with Crippen molar-refractivity contribution >= 4 is 5.97 Å². The van der Waals surface area contributed by atoms with Crippen molar-refractivity contribution in [1.82, 2.24) is 0 Å². The van der Waals surface area contributed by atoms with Crippen LogP contribution in [0.15, 0.2) is 0 Å². The Balaban J connectivity index is 2.39. The van der Waals surface area contributed by atoms with Crippen molar-refractivity contribution in [2.75, 3.05) is 6.61 Å². The zero-order valence-corrected chi connectivity index (χ0v) is 8.01. The van der Waals surface area contributed by atoms with E-state index in [-0.39, 0.29) is 6.42 Å². The van der Waals surface area contributed by atoms with Gasteiger partial charge in [0.15, 0.2) is 0 Å². The van der Waals surface area contributed by atoms with Crippen LogP contribution in [0.2, 0.25) is 0 Å². The SMILES string of the molecule is CCC(C)(F)C(=O)OC1CCCO1. The van der Waals surface area contributed by atoms with Gasteiger partial charge in [-0.3, -0.25) is 0 Å². The molecule has 0 N–H and O–H groups in total. The number of hydrogen-bond donors (Lipinski definition) is 0. The lowest BCUT2D eigenvalue weighted by atomic mass is 10.1. The van der Waals surface area contributed by atoms with Crippen LogP contribution in [-0.2, 0) is 14.3 Å². The van der Waals surface area contributed by atoms with Crippen molar-refractivity contribution in [2.24, 2.45) is 0 Å². The van der Waals surface area contributed by atoms with Crippen LogP contribution >= 0.6 is 0 Å². The highest BCUT2D eigenvalue weighted by atomic mass is 19.1. The van der Waals surface area contributed by atoms with Gasteiger partial charge < -0.3 is 9.47 Å². The summed E-state index contributed by atoms with van der Waals surface area (Å²) in [5, 5.41) is 0. The molecule has 0 spiro atoms. The number of rotatable bonds is 3. The van der Waals surface area contributed by atoms with Gasteiger partial charge in [0.1, 0.15) is 0 Å². The number of esters is 1. The van der Waals surface area contributed by atoms with Crippen molar-refractivity contribution in [3.63, 3.8) is 0 Å². The van der Waals surface area contributed by atoms with Gasteiger partial charge in [-0.15, -0.1) is 0 Å². The van der Waals surface area contributed by atoms with Gasteiger partial charge in [-0.25, -0.2) is 9.18 Å². The van der Waals surface area contributed by atoms with Crippen LogP contribution in [0.3, 0.4) is 0 Å². The van der Waals surface area contributed by atoms with Gasteiger partial charge in [0.05, 0.1) is 6.61 Å². The first-order chi connectivity index (χ1) is 6.06. The summed E-state index contributed by atoms with van der Waals surface area (Å²) in [6.07, 6.45) is 1.13. The molecule has 0 amide bonds. The smallest absolute Gasteiger partial charge is 0.345 e. The topological polar surface area (TPSA) is 35.5 Å². The van der Waals surface area contributed by atoms with Crippen LogP contribution in [0.4, 0.5) is 4.39 Å². The Labute approximate surface area is 77.2 Å². The molecule has 13 heavy (non-hydrogen) atoms. The Morgan fingerprint density at radius 3 is 2.92 bits per heavy atom. The molecule has 1 fully saturated rings. The summed E-state index contributed by atoms with van der Waals surface area (Å²) >= 11 is 0. The molecule has 3 nitrogen and oxygen atoms in total. The molecule has 0 aliphatic carbocycles. The number of hydrogen-bond acceptors (Lipinski definition) is 3. The molecule has 1 rings (SSSR count). The van der Waals surface area contributed by atoms with Gasteiger partial charge in [0, 0.05) is 6.42 Å². The van der Waals surface area contributed by atoms with E-state index in [2.05, 4.69) is 0 Å². The van der Waals surface area contributed by atoms with Crippen molar-refractivity contribution in [1.29, 1.82) is 0 Å².